The van der Waals surface area contributed by atoms with E-state index in [1.54, 1.807) is 0 Å². The molecule has 0 atom stereocenters. The lowest BCUT2D eigenvalue weighted by atomic mass is 10.2. The highest BCUT2D eigenvalue weighted by Crippen LogP contribution is 2.18. The van der Waals surface area contributed by atoms with Crippen molar-refractivity contribution in [3.8, 4) is 0 Å². The Morgan fingerprint density at radius 2 is 2.31 bits per heavy atom. The minimum Gasteiger partial charge on any atom is -0.350 e. The Bertz CT molecular complexity index is 358. The molecule has 1 saturated carbocycles. The maximum Gasteiger partial charge on any atom is 0.261 e. The minimum absolute atomic E-state index is 0.0736. The van der Waals surface area contributed by atoms with E-state index in [4.69, 9.17) is 0 Å². The number of rotatable bonds is 6. The Kier molecular flexibility index (Phi) is 3.96. The van der Waals surface area contributed by atoms with Crippen molar-refractivity contribution in [2.45, 2.75) is 32.2 Å². The zero-order valence-corrected chi connectivity index (χ0v) is 10.4. The Morgan fingerprint density at radius 3 is 3.00 bits per heavy atom. The first-order valence-corrected chi connectivity index (χ1v) is 6.77. The number of carbonyl (C=O) groups is 1. The summed E-state index contributed by atoms with van der Waals surface area (Å²) < 4.78 is 0. The van der Waals surface area contributed by atoms with Crippen LogP contribution in [0.2, 0.25) is 0 Å². The third-order valence-electron chi connectivity index (χ3n) is 2.75. The molecule has 0 radical (unpaired) electrons. The minimum atomic E-state index is 0.0736. The summed E-state index contributed by atoms with van der Waals surface area (Å²) in [5.74, 6) is 0.0736. The van der Waals surface area contributed by atoms with Crippen molar-refractivity contribution in [1.82, 2.24) is 10.6 Å². The molecule has 88 valence electrons. The van der Waals surface area contributed by atoms with Gasteiger partial charge in [-0.25, -0.2) is 0 Å². The van der Waals surface area contributed by atoms with Crippen LogP contribution in [-0.2, 0) is 6.42 Å². The molecule has 4 heteroatoms. The maximum atomic E-state index is 11.8. The number of amides is 1. The van der Waals surface area contributed by atoms with Crippen LogP contribution in [-0.4, -0.2) is 25.0 Å². The zero-order valence-electron chi connectivity index (χ0n) is 9.58. The molecule has 0 spiro atoms. The Labute approximate surface area is 100 Å². The number of hydrogen-bond donors (Lipinski definition) is 2. The van der Waals surface area contributed by atoms with Crippen LogP contribution in [0.5, 0.6) is 0 Å². The summed E-state index contributed by atoms with van der Waals surface area (Å²) in [5.41, 5.74) is 1.15. The van der Waals surface area contributed by atoms with Gasteiger partial charge in [0.05, 0.1) is 4.88 Å². The van der Waals surface area contributed by atoms with Gasteiger partial charge in [0.15, 0.2) is 0 Å². The fourth-order valence-electron chi connectivity index (χ4n) is 1.63. The van der Waals surface area contributed by atoms with Gasteiger partial charge in [0.1, 0.15) is 0 Å². The van der Waals surface area contributed by atoms with Crippen LogP contribution < -0.4 is 10.6 Å². The summed E-state index contributed by atoms with van der Waals surface area (Å²) >= 11 is 1.53. The van der Waals surface area contributed by atoms with E-state index in [2.05, 4.69) is 17.6 Å². The molecule has 1 amide bonds. The van der Waals surface area contributed by atoms with E-state index in [0.29, 0.717) is 6.04 Å². The van der Waals surface area contributed by atoms with Crippen LogP contribution in [0.15, 0.2) is 11.4 Å². The van der Waals surface area contributed by atoms with Crippen molar-refractivity contribution in [2.24, 2.45) is 0 Å². The van der Waals surface area contributed by atoms with E-state index in [-0.39, 0.29) is 5.91 Å². The Balaban J connectivity index is 1.73. The summed E-state index contributed by atoms with van der Waals surface area (Å²) in [7, 11) is 0. The lowest BCUT2D eigenvalue weighted by Gasteiger charge is -2.05. The lowest BCUT2D eigenvalue weighted by molar-refractivity contribution is 0.0957. The van der Waals surface area contributed by atoms with E-state index in [1.165, 1.54) is 24.2 Å². The quantitative estimate of drug-likeness (QED) is 0.742. The second-order valence-electron chi connectivity index (χ2n) is 4.11. The van der Waals surface area contributed by atoms with Crippen LogP contribution in [0.4, 0.5) is 0 Å². The molecule has 0 bridgehead atoms. The van der Waals surface area contributed by atoms with Crippen LogP contribution >= 0.6 is 11.3 Å². The second kappa shape index (κ2) is 5.46. The smallest absolute Gasteiger partial charge is 0.261 e. The molecule has 0 unspecified atom stereocenters. The van der Waals surface area contributed by atoms with Crippen molar-refractivity contribution in [3.05, 3.63) is 21.9 Å². The first-order valence-electron chi connectivity index (χ1n) is 5.89. The predicted molar refractivity (Wildman–Crippen MR) is 67.1 cm³/mol. The number of carbonyl (C=O) groups excluding carboxylic acids is 1. The molecule has 1 aliphatic carbocycles. The van der Waals surface area contributed by atoms with Gasteiger partial charge in [0.2, 0.25) is 0 Å². The third kappa shape index (κ3) is 3.06. The van der Waals surface area contributed by atoms with E-state index in [1.807, 2.05) is 11.4 Å². The summed E-state index contributed by atoms with van der Waals surface area (Å²) in [4.78, 5) is 12.7. The average Bonchev–Trinajstić information content (AvgIpc) is 2.99. The summed E-state index contributed by atoms with van der Waals surface area (Å²) in [6, 6.07) is 2.74. The molecule has 2 rings (SSSR count). The Morgan fingerprint density at radius 1 is 1.50 bits per heavy atom. The van der Waals surface area contributed by atoms with Gasteiger partial charge in [-0.05, 0) is 36.3 Å². The topological polar surface area (TPSA) is 41.1 Å². The van der Waals surface area contributed by atoms with Gasteiger partial charge >= 0.3 is 0 Å². The van der Waals surface area contributed by atoms with Crippen LogP contribution in [0.3, 0.4) is 0 Å². The molecule has 1 aromatic rings. The maximum absolute atomic E-state index is 11.8. The lowest BCUT2D eigenvalue weighted by Crippen LogP contribution is -2.32. The number of thiophene rings is 1. The van der Waals surface area contributed by atoms with Crippen molar-refractivity contribution in [3.63, 3.8) is 0 Å². The third-order valence-corrected chi connectivity index (χ3v) is 3.71. The number of nitrogens with one attached hydrogen (secondary N) is 2. The van der Waals surface area contributed by atoms with Gasteiger partial charge in [-0.2, -0.15) is 0 Å². The summed E-state index contributed by atoms with van der Waals surface area (Å²) in [6.07, 6.45) is 3.50. The Hall–Kier alpha value is -0.870. The van der Waals surface area contributed by atoms with Crippen LogP contribution in [0.25, 0.3) is 0 Å². The molecule has 0 saturated heterocycles. The first kappa shape index (κ1) is 11.6. The SMILES string of the molecule is CCc1ccsc1C(=O)NCCNC1CC1. The highest BCUT2D eigenvalue weighted by molar-refractivity contribution is 7.12. The molecule has 16 heavy (non-hydrogen) atoms. The van der Waals surface area contributed by atoms with Gasteiger partial charge in [-0.3, -0.25) is 4.79 Å². The van der Waals surface area contributed by atoms with E-state index >= 15 is 0 Å². The predicted octanol–water partition coefficient (Wildman–Crippen LogP) is 1.79. The molecular formula is C12H18N2OS. The zero-order chi connectivity index (χ0) is 11.4. The largest absolute Gasteiger partial charge is 0.350 e. The highest BCUT2D eigenvalue weighted by atomic mass is 32.1. The molecule has 1 fully saturated rings. The van der Waals surface area contributed by atoms with Gasteiger partial charge in [-0.1, -0.05) is 6.92 Å². The van der Waals surface area contributed by atoms with Crippen molar-refractivity contribution >= 4 is 17.2 Å². The van der Waals surface area contributed by atoms with E-state index in [9.17, 15) is 4.79 Å². The molecule has 1 aromatic heterocycles. The highest BCUT2D eigenvalue weighted by Gasteiger charge is 2.19. The monoisotopic (exact) mass is 238 g/mol. The van der Waals surface area contributed by atoms with Gasteiger partial charge < -0.3 is 10.6 Å². The summed E-state index contributed by atoms with van der Waals surface area (Å²) in [6.45, 7) is 3.67. The fraction of sp³-hybridized carbons (Fsp3) is 0.583. The molecule has 1 aliphatic rings. The fourth-order valence-corrected chi connectivity index (χ4v) is 2.54. The molecule has 0 aliphatic heterocycles. The number of hydrogen-bond acceptors (Lipinski definition) is 3. The van der Waals surface area contributed by atoms with Crippen LogP contribution in [0, 0.1) is 0 Å². The first-order chi connectivity index (χ1) is 7.81. The van der Waals surface area contributed by atoms with Crippen molar-refractivity contribution < 1.29 is 4.79 Å². The standard InChI is InChI=1S/C12H18N2OS/c1-2-9-5-8-16-11(9)12(15)14-7-6-13-10-3-4-10/h5,8,10,13H,2-4,6-7H2,1H3,(H,14,15). The molecule has 0 aromatic carbocycles. The molecule has 1 heterocycles. The molecule has 3 nitrogen and oxygen atoms in total. The van der Waals surface area contributed by atoms with E-state index < -0.39 is 0 Å². The molecular weight excluding hydrogens is 220 g/mol. The van der Waals surface area contributed by atoms with Gasteiger partial charge in [-0.15, -0.1) is 11.3 Å². The molecule has 2 N–H and O–H groups in total. The van der Waals surface area contributed by atoms with Crippen molar-refractivity contribution in [1.29, 1.82) is 0 Å². The van der Waals surface area contributed by atoms with Gasteiger partial charge in [0, 0.05) is 19.1 Å². The second-order valence-corrected chi connectivity index (χ2v) is 5.03. The number of aryl methyl sites for hydroxylation is 1. The van der Waals surface area contributed by atoms with Crippen LogP contribution in [0.1, 0.15) is 35.0 Å². The van der Waals surface area contributed by atoms with E-state index in [0.717, 1.165) is 30.0 Å². The normalized spacial score (nSPS) is 15.1. The average molecular weight is 238 g/mol. The van der Waals surface area contributed by atoms with Gasteiger partial charge in [0.25, 0.3) is 5.91 Å². The van der Waals surface area contributed by atoms with Crippen molar-refractivity contribution in [2.75, 3.05) is 13.1 Å². The summed E-state index contributed by atoms with van der Waals surface area (Å²) in [5, 5.41) is 8.31.